The molecule has 0 fully saturated rings. The van der Waals surface area contributed by atoms with Crippen molar-refractivity contribution in [3.63, 3.8) is 0 Å². The first-order valence-corrected chi connectivity index (χ1v) is 8.65. The first-order valence-electron chi connectivity index (χ1n) is 5.87. The molecule has 0 aliphatic rings. The van der Waals surface area contributed by atoms with Gasteiger partial charge in [-0.3, -0.25) is 0 Å². The predicted octanol–water partition coefficient (Wildman–Crippen LogP) is 2.66. The fourth-order valence-electron chi connectivity index (χ4n) is 1.69. The number of ether oxygens (including phenoxy) is 1. The summed E-state index contributed by atoms with van der Waals surface area (Å²) in [7, 11) is -0.940. The summed E-state index contributed by atoms with van der Waals surface area (Å²) < 4.78 is 11.3. The van der Waals surface area contributed by atoms with E-state index in [1.54, 1.807) is 0 Å². The Kier molecular flexibility index (Phi) is 5.27. The van der Waals surface area contributed by atoms with Crippen LogP contribution in [0.2, 0.25) is 13.1 Å². The largest absolute Gasteiger partial charge is 0.491 e. The van der Waals surface area contributed by atoms with Crippen LogP contribution in [0.15, 0.2) is 12.1 Å². The van der Waals surface area contributed by atoms with Crippen LogP contribution in [0.5, 0.6) is 5.75 Å². The quantitative estimate of drug-likeness (QED) is 0.453. The van der Waals surface area contributed by atoms with E-state index in [1.807, 2.05) is 26.0 Å². The van der Waals surface area contributed by atoms with E-state index < -0.39 is 9.04 Å². The normalized spacial score (nSPS) is 10.4. The Bertz CT molecular complexity index is 396. The maximum Gasteiger partial charge on any atom is 0.171 e. The summed E-state index contributed by atoms with van der Waals surface area (Å²) >= 11 is 0. The number of hydrogen-bond donors (Lipinski definition) is 0. The van der Waals surface area contributed by atoms with Gasteiger partial charge in [-0.05, 0) is 50.2 Å². The van der Waals surface area contributed by atoms with Gasteiger partial charge in [-0.1, -0.05) is 5.92 Å². The van der Waals surface area contributed by atoms with Crippen molar-refractivity contribution in [2.45, 2.75) is 26.9 Å². The minimum absolute atomic E-state index is 0.599. The van der Waals surface area contributed by atoms with Crippen molar-refractivity contribution in [1.82, 2.24) is 0 Å². The zero-order valence-electron chi connectivity index (χ0n) is 11.0. The van der Waals surface area contributed by atoms with Gasteiger partial charge in [0, 0.05) is 5.56 Å². The number of terminal acetylenes is 1. The lowest BCUT2D eigenvalue weighted by molar-refractivity contribution is 0.217. The third-order valence-electron chi connectivity index (χ3n) is 2.41. The second-order valence-corrected chi connectivity index (χ2v) is 6.78. The van der Waals surface area contributed by atoms with E-state index in [1.165, 1.54) is 0 Å². The van der Waals surface area contributed by atoms with Gasteiger partial charge < -0.3 is 9.16 Å². The number of benzene rings is 1. The maximum atomic E-state index is 5.75. The Morgan fingerprint density at radius 1 is 1.18 bits per heavy atom. The molecular formula is C14H20O2Si. The van der Waals surface area contributed by atoms with E-state index in [-0.39, 0.29) is 0 Å². The standard InChI is InChI=1S/C14H20O2Si/c1-6-13-9-11(2)14(12(3)10-13)15-7-8-16-17(4)5/h1,9-10,17H,7-8H2,2-5H3. The molecule has 0 unspecified atom stereocenters. The molecule has 1 aromatic carbocycles. The van der Waals surface area contributed by atoms with Crippen molar-refractivity contribution >= 4 is 9.04 Å². The topological polar surface area (TPSA) is 18.5 Å². The van der Waals surface area contributed by atoms with Gasteiger partial charge in [-0.15, -0.1) is 6.42 Å². The SMILES string of the molecule is C#Cc1cc(C)c(OCCO[SiH](C)C)c(C)c1. The summed E-state index contributed by atoms with van der Waals surface area (Å²) in [6, 6.07) is 3.95. The second kappa shape index (κ2) is 6.48. The highest BCUT2D eigenvalue weighted by molar-refractivity contribution is 6.48. The molecule has 1 rings (SSSR count). The van der Waals surface area contributed by atoms with Crippen molar-refractivity contribution in [3.8, 4) is 18.1 Å². The molecule has 0 N–H and O–H groups in total. The fraction of sp³-hybridized carbons (Fsp3) is 0.429. The average Bonchev–Trinajstić information content (AvgIpc) is 2.26. The molecule has 0 saturated carbocycles. The van der Waals surface area contributed by atoms with E-state index in [0.29, 0.717) is 13.2 Å². The van der Waals surface area contributed by atoms with Crippen LogP contribution in [-0.4, -0.2) is 22.3 Å². The van der Waals surface area contributed by atoms with Crippen molar-refractivity contribution in [2.75, 3.05) is 13.2 Å². The third-order valence-corrected chi connectivity index (χ3v) is 3.31. The highest BCUT2D eigenvalue weighted by Gasteiger charge is 2.05. The zero-order chi connectivity index (χ0) is 12.8. The Morgan fingerprint density at radius 2 is 1.76 bits per heavy atom. The van der Waals surface area contributed by atoms with Gasteiger partial charge in [-0.25, -0.2) is 0 Å². The van der Waals surface area contributed by atoms with E-state index in [2.05, 4.69) is 19.0 Å². The average molecular weight is 248 g/mol. The molecule has 0 atom stereocenters. The third kappa shape index (κ3) is 4.26. The Labute approximate surface area is 106 Å². The van der Waals surface area contributed by atoms with Crippen LogP contribution in [0.25, 0.3) is 0 Å². The lowest BCUT2D eigenvalue weighted by Gasteiger charge is -2.13. The minimum Gasteiger partial charge on any atom is -0.491 e. The summed E-state index contributed by atoms with van der Waals surface area (Å²) in [6.45, 7) is 9.60. The fourth-order valence-corrected chi connectivity index (χ4v) is 2.26. The van der Waals surface area contributed by atoms with Crippen LogP contribution < -0.4 is 4.74 Å². The highest BCUT2D eigenvalue weighted by Crippen LogP contribution is 2.24. The molecule has 0 spiro atoms. The summed E-state index contributed by atoms with van der Waals surface area (Å²) in [6.07, 6.45) is 5.39. The van der Waals surface area contributed by atoms with E-state index in [9.17, 15) is 0 Å². The minimum atomic E-state index is -0.940. The molecule has 0 saturated heterocycles. The summed E-state index contributed by atoms with van der Waals surface area (Å²) in [4.78, 5) is 0. The molecule has 0 radical (unpaired) electrons. The van der Waals surface area contributed by atoms with Gasteiger partial charge in [-0.2, -0.15) is 0 Å². The molecule has 2 nitrogen and oxygen atoms in total. The van der Waals surface area contributed by atoms with Crippen LogP contribution in [0.3, 0.4) is 0 Å². The molecular weight excluding hydrogens is 228 g/mol. The first kappa shape index (κ1) is 13.8. The first-order chi connectivity index (χ1) is 8.04. The summed E-state index contributed by atoms with van der Waals surface area (Å²) in [5.74, 6) is 3.57. The summed E-state index contributed by atoms with van der Waals surface area (Å²) in [5, 5.41) is 0. The Balaban J connectivity index is 2.63. The highest BCUT2D eigenvalue weighted by atomic mass is 28.3. The van der Waals surface area contributed by atoms with Gasteiger partial charge in [0.05, 0.1) is 6.61 Å². The second-order valence-electron chi connectivity index (χ2n) is 4.35. The van der Waals surface area contributed by atoms with Crippen molar-refractivity contribution < 1.29 is 9.16 Å². The van der Waals surface area contributed by atoms with Gasteiger partial charge in [0.15, 0.2) is 9.04 Å². The number of aryl methyl sites for hydroxylation is 2. The molecule has 3 heteroatoms. The van der Waals surface area contributed by atoms with Gasteiger partial charge >= 0.3 is 0 Å². The van der Waals surface area contributed by atoms with Crippen molar-refractivity contribution in [2.24, 2.45) is 0 Å². The molecule has 1 aromatic rings. The van der Waals surface area contributed by atoms with Gasteiger partial charge in [0.2, 0.25) is 0 Å². The monoisotopic (exact) mass is 248 g/mol. The van der Waals surface area contributed by atoms with Crippen LogP contribution in [0, 0.1) is 26.2 Å². The van der Waals surface area contributed by atoms with Crippen LogP contribution >= 0.6 is 0 Å². The van der Waals surface area contributed by atoms with Crippen molar-refractivity contribution in [3.05, 3.63) is 28.8 Å². The lowest BCUT2D eigenvalue weighted by atomic mass is 10.1. The predicted molar refractivity (Wildman–Crippen MR) is 74.2 cm³/mol. The van der Waals surface area contributed by atoms with E-state index in [0.717, 1.165) is 22.4 Å². The van der Waals surface area contributed by atoms with Crippen LogP contribution in [0.4, 0.5) is 0 Å². The molecule has 0 amide bonds. The van der Waals surface area contributed by atoms with E-state index in [4.69, 9.17) is 15.6 Å². The molecule has 0 aromatic heterocycles. The molecule has 0 heterocycles. The number of rotatable bonds is 5. The molecule has 0 bridgehead atoms. The molecule has 0 aliphatic carbocycles. The number of hydrogen-bond acceptors (Lipinski definition) is 2. The lowest BCUT2D eigenvalue weighted by Crippen LogP contribution is -2.14. The molecule has 92 valence electrons. The zero-order valence-corrected chi connectivity index (χ0v) is 12.2. The summed E-state index contributed by atoms with van der Waals surface area (Å²) in [5.41, 5.74) is 3.07. The maximum absolute atomic E-state index is 5.75. The van der Waals surface area contributed by atoms with Crippen molar-refractivity contribution in [1.29, 1.82) is 0 Å². The van der Waals surface area contributed by atoms with Crippen LogP contribution in [0.1, 0.15) is 16.7 Å². The van der Waals surface area contributed by atoms with E-state index >= 15 is 0 Å². The van der Waals surface area contributed by atoms with Gasteiger partial charge in [0.25, 0.3) is 0 Å². The van der Waals surface area contributed by atoms with Crippen LogP contribution in [-0.2, 0) is 4.43 Å². The van der Waals surface area contributed by atoms with Gasteiger partial charge in [0.1, 0.15) is 12.4 Å². The Hall–Kier alpha value is -1.24. The molecule has 0 aliphatic heterocycles. The Morgan fingerprint density at radius 3 is 2.24 bits per heavy atom. The smallest absolute Gasteiger partial charge is 0.171 e. The molecule has 17 heavy (non-hydrogen) atoms.